The van der Waals surface area contributed by atoms with Gasteiger partial charge in [-0.3, -0.25) is 4.79 Å². The van der Waals surface area contributed by atoms with Crippen LogP contribution in [0.5, 0.6) is 11.5 Å². The summed E-state index contributed by atoms with van der Waals surface area (Å²) < 4.78 is 42.0. The van der Waals surface area contributed by atoms with Crippen LogP contribution in [0.4, 0.5) is 4.39 Å². The van der Waals surface area contributed by atoms with Crippen LogP contribution in [0.15, 0.2) is 47.4 Å². The second-order valence-electron chi connectivity index (χ2n) is 6.39. The molecule has 3 rings (SSSR count). The quantitative estimate of drug-likeness (QED) is 0.242. The average Bonchev–Trinajstić information content (AvgIpc) is 2.72. The topological polar surface area (TPSA) is 113 Å². The van der Waals surface area contributed by atoms with Gasteiger partial charge in [-0.1, -0.05) is 19.1 Å². The molecule has 0 atom stereocenters. The zero-order chi connectivity index (χ0) is 21.9. The Bertz CT molecular complexity index is 1170. The maximum absolute atomic E-state index is 14.7. The molecule has 3 aromatic rings. The summed E-state index contributed by atoms with van der Waals surface area (Å²) in [5.41, 5.74) is -0.0764. The summed E-state index contributed by atoms with van der Waals surface area (Å²) in [5, 5.41) is -0.299. The third-order valence-corrected chi connectivity index (χ3v) is 4.78. The van der Waals surface area contributed by atoms with Crippen molar-refractivity contribution in [3.8, 4) is 22.6 Å². The van der Waals surface area contributed by atoms with E-state index in [1.807, 2.05) is 6.92 Å². The maximum atomic E-state index is 14.7. The van der Waals surface area contributed by atoms with Crippen molar-refractivity contribution in [1.82, 2.24) is 4.57 Å². The Morgan fingerprint density at radius 1 is 1.09 bits per heavy atom. The fourth-order valence-corrected chi connectivity index (χ4v) is 3.27. The molecular formula is C20H19FNNa2O7P. The first-order valence-electron chi connectivity index (χ1n) is 9.04. The minimum absolute atomic E-state index is 0. The molecule has 0 N–H and O–H groups in total. The standard InChI is InChI=1S/C20H21FNO7P.2Na/c1-3-10-28-17-9-8-16(21)18-19(17)22(12-29-30(24,25)26)11-15(20(18)23)13-4-6-14(27-2)7-5-13;;/h4-9,11H,3,10,12H2,1-2H3,(H2,24,25,26);;/q;2*+1/p-2. The van der Waals surface area contributed by atoms with E-state index in [9.17, 15) is 23.5 Å². The number of nitrogens with zero attached hydrogens (tertiary/aromatic N) is 1. The van der Waals surface area contributed by atoms with Crippen LogP contribution in [-0.2, 0) is 15.8 Å². The number of methoxy groups -OCH3 is 1. The minimum Gasteiger partial charge on any atom is -0.790 e. The van der Waals surface area contributed by atoms with Gasteiger partial charge in [-0.2, -0.15) is 0 Å². The molecule has 0 bridgehead atoms. The van der Waals surface area contributed by atoms with Crippen LogP contribution in [0.2, 0.25) is 0 Å². The van der Waals surface area contributed by atoms with Gasteiger partial charge in [0.2, 0.25) is 0 Å². The molecule has 1 aromatic heterocycles. The molecule has 0 aliphatic carbocycles. The molecule has 0 aliphatic rings. The fourth-order valence-electron chi connectivity index (χ4n) is 3.00. The number of pyridine rings is 1. The van der Waals surface area contributed by atoms with Crippen molar-refractivity contribution in [2.24, 2.45) is 0 Å². The molecule has 0 saturated carbocycles. The van der Waals surface area contributed by atoms with Crippen LogP contribution in [0.25, 0.3) is 22.0 Å². The summed E-state index contributed by atoms with van der Waals surface area (Å²) in [5.74, 6) is -0.0828. The van der Waals surface area contributed by atoms with Gasteiger partial charge in [0.15, 0.2) is 5.43 Å². The SMILES string of the molecule is CCCOc1ccc(F)c2c(=O)c(-c3ccc(OC)cc3)cn(COP(=O)([O-])[O-])c12.[Na+].[Na+]. The predicted molar refractivity (Wildman–Crippen MR) is 105 cm³/mol. The number of halogens is 1. The Morgan fingerprint density at radius 2 is 1.75 bits per heavy atom. The number of hydrogen-bond acceptors (Lipinski definition) is 7. The van der Waals surface area contributed by atoms with Gasteiger partial charge in [-0.25, -0.2) is 4.39 Å². The number of benzene rings is 2. The van der Waals surface area contributed by atoms with Crippen LogP contribution in [0.3, 0.4) is 0 Å². The van der Waals surface area contributed by atoms with Crippen LogP contribution in [0.1, 0.15) is 13.3 Å². The van der Waals surface area contributed by atoms with Gasteiger partial charge in [0.25, 0.3) is 0 Å². The van der Waals surface area contributed by atoms with Crippen molar-refractivity contribution in [1.29, 1.82) is 0 Å². The maximum Gasteiger partial charge on any atom is 1.00 e. The van der Waals surface area contributed by atoms with Gasteiger partial charge in [-0.05, 0) is 36.2 Å². The molecule has 1 heterocycles. The summed E-state index contributed by atoms with van der Waals surface area (Å²) in [6.07, 6.45) is 1.96. The average molecular weight is 481 g/mol. The first kappa shape index (κ1) is 29.3. The Balaban J connectivity index is 0.00000256. The van der Waals surface area contributed by atoms with E-state index >= 15 is 0 Å². The number of fused-ring (bicyclic) bond motifs is 1. The number of phosphoric acid groups is 1. The van der Waals surface area contributed by atoms with E-state index in [0.29, 0.717) is 17.7 Å². The number of aromatic nitrogens is 1. The molecule has 0 aliphatic heterocycles. The molecule has 2 aromatic carbocycles. The second-order valence-corrected chi connectivity index (χ2v) is 7.55. The Kier molecular flexibility index (Phi) is 11.6. The smallest absolute Gasteiger partial charge is 0.790 e. The number of ether oxygens (including phenoxy) is 2. The summed E-state index contributed by atoms with van der Waals surface area (Å²) >= 11 is 0. The van der Waals surface area contributed by atoms with Crippen molar-refractivity contribution in [2.45, 2.75) is 20.1 Å². The second kappa shape index (κ2) is 12.7. The Hall–Kier alpha value is -0.710. The van der Waals surface area contributed by atoms with E-state index < -0.39 is 25.8 Å². The van der Waals surface area contributed by atoms with Gasteiger partial charge in [0, 0.05) is 11.8 Å². The van der Waals surface area contributed by atoms with Crippen molar-refractivity contribution in [3.05, 3.63) is 58.6 Å². The van der Waals surface area contributed by atoms with Gasteiger partial charge in [0.05, 0.1) is 32.4 Å². The number of hydrogen-bond donors (Lipinski definition) is 0. The predicted octanol–water partition coefficient (Wildman–Crippen LogP) is -3.58. The zero-order valence-corrected chi connectivity index (χ0v) is 23.2. The minimum atomic E-state index is -5.32. The largest absolute Gasteiger partial charge is 1.00 e. The van der Waals surface area contributed by atoms with Gasteiger partial charge >= 0.3 is 59.1 Å². The van der Waals surface area contributed by atoms with Crippen molar-refractivity contribution >= 4 is 18.7 Å². The first-order valence-corrected chi connectivity index (χ1v) is 10.5. The van der Waals surface area contributed by atoms with E-state index in [2.05, 4.69) is 4.52 Å². The third kappa shape index (κ3) is 6.90. The first-order chi connectivity index (χ1) is 14.2. The van der Waals surface area contributed by atoms with Crippen LogP contribution < -0.4 is 83.8 Å². The van der Waals surface area contributed by atoms with Crippen LogP contribution >= 0.6 is 7.82 Å². The van der Waals surface area contributed by atoms with Gasteiger partial charge in [-0.15, -0.1) is 0 Å². The van der Waals surface area contributed by atoms with Gasteiger partial charge < -0.3 is 32.9 Å². The normalized spacial score (nSPS) is 10.9. The summed E-state index contributed by atoms with van der Waals surface area (Å²) in [6.45, 7) is 1.42. The number of rotatable bonds is 8. The Morgan fingerprint density at radius 3 is 2.31 bits per heavy atom. The molecule has 0 radical (unpaired) electrons. The van der Waals surface area contributed by atoms with Gasteiger partial charge in [0.1, 0.15) is 24.0 Å². The molecular weight excluding hydrogens is 462 g/mol. The zero-order valence-electron chi connectivity index (χ0n) is 18.3. The Labute approximate surface area is 228 Å². The number of phosphoric ester groups is 1. The van der Waals surface area contributed by atoms with E-state index in [-0.39, 0.29) is 87.9 Å². The summed E-state index contributed by atoms with van der Waals surface area (Å²) in [7, 11) is -3.82. The monoisotopic (exact) mass is 481 g/mol. The molecule has 0 fully saturated rings. The van der Waals surface area contributed by atoms with Crippen molar-refractivity contribution < 1.29 is 91.9 Å². The van der Waals surface area contributed by atoms with Crippen LogP contribution in [0, 0.1) is 5.82 Å². The van der Waals surface area contributed by atoms with E-state index in [4.69, 9.17) is 9.47 Å². The summed E-state index contributed by atoms with van der Waals surface area (Å²) in [4.78, 5) is 35.1. The van der Waals surface area contributed by atoms with E-state index in [0.717, 1.165) is 6.07 Å². The third-order valence-electron chi connectivity index (χ3n) is 4.35. The molecule has 0 spiro atoms. The molecule has 0 saturated heterocycles. The molecule has 8 nitrogen and oxygen atoms in total. The molecule has 160 valence electrons. The molecule has 32 heavy (non-hydrogen) atoms. The van der Waals surface area contributed by atoms with E-state index in [1.54, 1.807) is 24.3 Å². The van der Waals surface area contributed by atoms with E-state index in [1.165, 1.54) is 23.9 Å². The van der Waals surface area contributed by atoms with Crippen molar-refractivity contribution in [3.63, 3.8) is 0 Å². The summed E-state index contributed by atoms with van der Waals surface area (Å²) in [6, 6.07) is 8.90. The molecule has 12 heteroatoms. The molecule has 0 amide bonds. The molecule has 0 unspecified atom stereocenters. The fraction of sp³-hybridized carbons (Fsp3) is 0.250. The van der Waals surface area contributed by atoms with Crippen LogP contribution in [-0.4, -0.2) is 18.3 Å². The van der Waals surface area contributed by atoms with Crippen molar-refractivity contribution in [2.75, 3.05) is 13.7 Å².